The lowest BCUT2D eigenvalue weighted by molar-refractivity contribution is 0.282. The fourth-order valence-electron chi connectivity index (χ4n) is 2.35. The Labute approximate surface area is 126 Å². The fourth-order valence-corrected chi connectivity index (χ4v) is 4.36. The van der Waals surface area contributed by atoms with E-state index < -0.39 is 20.0 Å². The molecule has 0 spiro atoms. The van der Waals surface area contributed by atoms with E-state index in [0.717, 1.165) is 19.1 Å². The van der Waals surface area contributed by atoms with Crippen molar-refractivity contribution < 1.29 is 16.8 Å². The number of piperidine rings is 1. The van der Waals surface area contributed by atoms with E-state index in [9.17, 15) is 16.8 Å². The van der Waals surface area contributed by atoms with E-state index >= 15 is 0 Å². The van der Waals surface area contributed by atoms with Gasteiger partial charge in [0.1, 0.15) is 0 Å². The third-order valence-corrected chi connectivity index (χ3v) is 6.12. The van der Waals surface area contributed by atoms with E-state index in [-0.39, 0.29) is 4.90 Å². The second-order valence-corrected chi connectivity index (χ2v) is 9.20. The second-order valence-electron chi connectivity index (χ2n) is 5.51. The zero-order chi connectivity index (χ0) is 15.7. The van der Waals surface area contributed by atoms with Crippen molar-refractivity contribution in [2.24, 2.45) is 5.92 Å². The molecule has 0 aliphatic carbocycles. The molecule has 1 aromatic rings. The van der Waals surface area contributed by atoms with E-state index in [1.54, 1.807) is 0 Å². The lowest BCUT2D eigenvalue weighted by atomic mass is 10.0. The minimum Gasteiger partial charge on any atom is -0.271 e. The minimum absolute atomic E-state index is 0.164. The first kappa shape index (κ1) is 16.3. The van der Waals surface area contributed by atoms with E-state index in [2.05, 4.69) is 4.72 Å². The molecule has 0 radical (unpaired) electrons. The molecule has 1 heterocycles. The molecule has 0 amide bonds. The van der Waals surface area contributed by atoms with Gasteiger partial charge in [-0.25, -0.2) is 8.42 Å². The molecule has 1 fully saturated rings. The van der Waals surface area contributed by atoms with Crippen molar-refractivity contribution in [3.05, 3.63) is 24.3 Å². The largest absolute Gasteiger partial charge is 0.301 e. The third-order valence-electron chi connectivity index (χ3n) is 3.49. The highest BCUT2D eigenvalue weighted by molar-refractivity contribution is 7.91. The van der Waals surface area contributed by atoms with Crippen molar-refractivity contribution in [2.75, 3.05) is 24.1 Å². The number of nitrogens with one attached hydrogen (secondary N) is 1. The normalized spacial score (nSPS) is 21.1. The molecule has 0 saturated carbocycles. The number of sulfone groups is 1. The second kappa shape index (κ2) is 5.94. The monoisotopic (exact) mass is 332 g/mol. The number of hydrogen-bond acceptors (Lipinski definition) is 4. The first-order valence-electron chi connectivity index (χ1n) is 6.76. The number of benzene rings is 1. The minimum atomic E-state index is -3.58. The van der Waals surface area contributed by atoms with Gasteiger partial charge in [-0.3, -0.25) is 4.72 Å². The smallest absolute Gasteiger partial charge is 0.271 e. The van der Waals surface area contributed by atoms with Crippen LogP contribution in [0.25, 0.3) is 0 Å². The summed E-state index contributed by atoms with van der Waals surface area (Å²) in [6, 6.07) is 5.71. The summed E-state index contributed by atoms with van der Waals surface area (Å²) in [5.41, 5.74) is 0.362. The van der Waals surface area contributed by atoms with Crippen LogP contribution in [0.3, 0.4) is 0 Å². The van der Waals surface area contributed by atoms with Crippen molar-refractivity contribution in [1.82, 2.24) is 4.31 Å². The Balaban J connectivity index is 2.13. The van der Waals surface area contributed by atoms with Crippen LogP contribution in [0.2, 0.25) is 0 Å². The van der Waals surface area contributed by atoms with Crippen LogP contribution in [-0.4, -0.2) is 40.5 Å². The van der Waals surface area contributed by atoms with Crippen LogP contribution in [0, 0.1) is 5.92 Å². The Hall–Kier alpha value is -1.12. The van der Waals surface area contributed by atoms with Crippen LogP contribution >= 0.6 is 0 Å². The summed E-state index contributed by atoms with van der Waals surface area (Å²) in [7, 11) is -6.86. The van der Waals surface area contributed by atoms with Gasteiger partial charge in [0.2, 0.25) is 0 Å². The number of rotatable bonds is 4. The van der Waals surface area contributed by atoms with Gasteiger partial charge in [0.25, 0.3) is 0 Å². The van der Waals surface area contributed by atoms with E-state index in [4.69, 9.17) is 0 Å². The van der Waals surface area contributed by atoms with Crippen molar-refractivity contribution in [1.29, 1.82) is 0 Å². The van der Waals surface area contributed by atoms with Gasteiger partial charge in [-0.2, -0.15) is 12.7 Å². The zero-order valence-corrected chi connectivity index (χ0v) is 13.7. The lowest BCUT2D eigenvalue weighted by Gasteiger charge is -2.30. The lowest BCUT2D eigenvalue weighted by Crippen LogP contribution is -2.42. The number of nitrogens with zero attached hydrogens (tertiary/aromatic N) is 1. The molecule has 1 saturated heterocycles. The van der Waals surface area contributed by atoms with Crippen LogP contribution in [0.1, 0.15) is 19.8 Å². The maximum Gasteiger partial charge on any atom is 0.301 e. The molecular weight excluding hydrogens is 312 g/mol. The first-order chi connectivity index (χ1) is 9.68. The maximum absolute atomic E-state index is 12.3. The Bertz CT molecular complexity index is 696. The Morgan fingerprint density at radius 2 is 1.76 bits per heavy atom. The molecule has 1 N–H and O–H groups in total. The maximum atomic E-state index is 12.3. The average molecular weight is 332 g/mol. The van der Waals surface area contributed by atoms with Gasteiger partial charge in [0.05, 0.1) is 4.90 Å². The summed E-state index contributed by atoms with van der Waals surface area (Å²) in [6.45, 7) is 3.06. The van der Waals surface area contributed by atoms with Crippen LogP contribution < -0.4 is 4.72 Å². The summed E-state index contributed by atoms with van der Waals surface area (Å²) in [6.07, 6.45) is 3.01. The van der Waals surface area contributed by atoms with Gasteiger partial charge >= 0.3 is 10.2 Å². The van der Waals surface area contributed by atoms with Crippen LogP contribution in [0.15, 0.2) is 29.2 Å². The summed E-state index contributed by atoms with van der Waals surface area (Å²) < 4.78 is 51.2. The van der Waals surface area contributed by atoms with Crippen LogP contribution in [0.4, 0.5) is 5.69 Å². The van der Waals surface area contributed by atoms with Crippen molar-refractivity contribution in [3.8, 4) is 0 Å². The Kier molecular flexibility index (Phi) is 4.60. The molecule has 8 heteroatoms. The molecule has 2 rings (SSSR count). The first-order valence-corrected chi connectivity index (χ1v) is 10.1. The van der Waals surface area contributed by atoms with Crippen molar-refractivity contribution in [3.63, 3.8) is 0 Å². The molecular formula is C13H20N2O4S2. The van der Waals surface area contributed by atoms with E-state index in [1.807, 2.05) is 6.92 Å². The quantitative estimate of drug-likeness (QED) is 0.905. The van der Waals surface area contributed by atoms with Crippen LogP contribution in [-0.2, 0) is 20.0 Å². The molecule has 118 valence electrons. The zero-order valence-electron chi connectivity index (χ0n) is 12.1. The van der Waals surface area contributed by atoms with E-state index in [1.165, 1.54) is 28.6 Å². The van der Waals surface area contributed by atoms with Gasteiger partial charge in [-0.05, 0) is 43.0 Å². The van der Waals surface area contributed by atoms with Gasteiger partial charge in [0, 0.05) is 25.0 Å². The molecule has 0 aromatic heterocycles. The molecule has 1 aromatic carbocycles. The topological polar surface area (TPSA) is 83.6 Å². The van der Waals surface area contributed by atoms with Gasteiger partial charge in [-0.1, -0.05) is 6.92 Å². The van der Waals surface area contributed by atoms with Crippen molar-refractivity contribution >= 4 is 25.7 Å². The standard InChI is InChI=1S/C13H20N2O4S2/c1-11-4-3-9-15(10-11)21(18,19)14-12-5-7-13(8-6-12)20(2,16)17/h5-8,11,14H,3-4,9-10H2,1-2H3. The molecule has 21 heavy (non-hydrogen) atoms. The van der Waals surface area contributed by atoms with Crippen molar-refractivity contribution in [2.45, 2.75) is 24.7 Å². The molecule has 6 nitrogen and oxygen atoms in total. The summed E-state index contributed by atoms with van der Waals surface area (Å²) in [4.78, 5) is 0.164. The molecule has 0 bridgehead atoms. The number of hydrogen-bond donors (Lipinski definition) is 1. The predicted octanol–water partition coefficient (Wildman–Crippen LogP) is 1.48. The Morgan fingerprint density at radius 1 is 1.14 bits per heavy atom. The SMILES string of the molecule is CC1CCCN(S(=O)(=O)Nc2ccc(S(C)(=O)=O)cc2)C1. The van der Waals surface area contributed by atoms with Crippen LogP contribution in [0.5, 0.6) is 0 Å². The molecule has 1 aliphatic heterocycles. The van der Waals surface area contributed by atoms with Gasteiger partial charge in [-0.15, -0.1) is 0 Å². The molecule has 1 aliphatic rings. The molecule has 1 unspecified atom stereocenters. The third kappa shape index (κ3) is 4.18. The molecule has 1 atom stereocenters. The van der Waals surface area contributed by atoms with Gasteiger partial charge < -0.3 is 0 Å². The highest BCUT2D eigenvalue weighted by atomic mass is 32.2. The average Bonchev–Trinajstić information content (AvgIpc) is 2.38. The van der Waals surface area contributed by atoms with Gasteiger partial charge in [0.15, 0.2) is 9.84 Å². The fraction of sp³-hybridized carbons (Fsp3) is 0.538. The highest BCUT2D eigenvalue weighted by Crippen LogP contribution is 2.21. The van der Waals surface area contributed by atoms with E-state index in [0.29, 0.717) is 24.7 Å². The summed E-state index contributed by atoms with van der Waals surface area (Å²) >= 11 is 0. The predicted molar refractivity (Wildman–Crippen MR) is 82.1 cm³/mol. The Morgan fingerprint density at radius 3 is 2.29 bits per heavy atom. The summed E-state index contributed by atoms with van der Waals surface area (Å²) in [5, 5.41) is 0. The highest BCUT2D eigenvalue weighted by Gasteiger charge is 2.26. The summed E-state index contributed by atoms with van der Waals surface area (Å²) in [5.74, 6) is 0.350. The number of anilines is 1.